The highest BCUT2D eigenvalue weighted by atomic mass is 35.5. The lowest BCUT2D eigenvalue weighted by molar-refractivity contribution is 0.891. The molecule has 0 aliphatic heterocycles. The fourth-order valence-corrected chi connectivity index (χ4v) is 1.42. The summed E-state index contributed by atoms with van der Waals surface area (Å²) >= 11 is 6.03. The van der Waals surface area contributed by atoms with E-state index >= 15 is 0 Å². The molecule has 13 heavy (non-hydrogen) atoms. The first-order valence-electron chi connectivity index (χ1n) is 4.20. The maximum atomic E-state index is 6.03. The second kappa shape index (κ2) is 3.84. The molecule has 0 N–H and O–H groups in total. The standard InChI is InChI=1S/C11H14ClN/c1-5-8(2)6-10-9(3)13(4)7-11(10)12/h5-7H,3H2,1-2,4H3/b8-5-,10-6+. The van der Waals surface area contributed by atoms with Crippen LogP contribution in [-0.2, 0) is 7.05 Å². The first-order valence-corrected chi connectivity index (χ1v) is 4.58. The highest BCUT2D eigenvalue weighted by molar-refractivity contribution is 6.30. The predicted molar refractivity (Wildman–Crippen MR) is 59.1 cm³/mol. The molecule has 1 nitrogen and oxygen atoms in total. The van der Waals surface area contributed by atoms with Crippen LogP contribution in [0.15, 0.2) is 17.8 Å². The average molecular weight is 196 g/mol. The summed E-state index contributed by atoms with van der Waals surface area (Å²) in [6.45, 7) is 8.00. The molecule has 2 heteroatoms. The third-order valence-corrected chi connectivity index (χ3v) is 2.43. The molecule has 1 heterocycles. The maximum Gasteiger partial charge on any atom is 0.0661 e. The van der Waals surface area contributed by atoms with Crippen LogP contribution in [0.1, 0.15) is 13.8 Å². The Balaban J connectivity index is 3.46. The van der Waals surface area contributed by atoms with Crippen LogP contribution in [0.5, 0.6) is 0 Å². The van der Waals surface area contributed by atoms with Gasteiger partial charge in [-0.15, -0.1) is 0 Å². The van der Waals surface area contributed by atoms with Gasteiger partial charge in [0.05, 0.1) is 5.02 Å². The molecule has 0 saturated carbocycles. The molecule has 0 amide bonds. The molecule has 0 aromatic carbocycles. The summed E-state index contributed by atoms with van der Waals surface area (Å²) in [5.74, 6) is 0. The topological polar surface area (TPSA) is 4.93 Å². The number of hydrogen-bond acceptors (Lipinski definition) is 0. The van der Waals surface area contributed by atoms with Crippen LogP contribution in [0.3, 0.4) is 0 Å². The van der Waals surface area contributed by atoms with Crippen molar-refractivity contribution in [3.05, 3.63) is 33.4 Å². The van der Waals surface area contributed by atoms with Crippen LogP contribution in [0.4, 0.5) is 0 Å². The Bertz CT molecular complexity index is 437. The zero-order valence-corrected chi connectivity index (χ0v) is 9.02. The van der Waals surface area contributed by atoms with Gasteiger partial charge in [0.2, 0.25) is 0 Å². The molecule has 1 aromatic rings. The van der Waals surface area contributed by atoms with Gasteiger partial charge in [0.15, 0.2) is 0 Å². The van der Waals surface area contributed by atoms with Gasteiger partial charge in [-0.25, -0.2) is 0 Å². The van der Waals surface area contributed by atoms with Gasteiger partial charge < -0.3 is 4.57 Å². The van der Waals surface area contributed by atoms with E-state index in [1.165, 1.54) is 5.57 Å². The summed E-state index contributed by atoms with van der Waals surface area (Å²) in [6.07, 6.45) is 5.96. The van der Waals surface area contributed by atoms with E-state index in [4.69, 9.17) is 11.6 Å². The summed E-state index contributed by atoms with van der Waals surface area (Å²) in [4.78, 5) is 0. The second-order valence-corrected chi connectivity index (χ2v) is 3.53. The zero-order valence-electron chi connectivity index (χ0n) is 8.26. The first kappa shape index (κ1) is 10.1. The largest absolute Gasteiger partial charge is 0.349 e. The molecule has 0 aliphatic carbocycles. The Hall–Kier alpha value is -0.950. The van der Waals surface area contributed by atoms with Gasteiger partial charge in [-0.2, -0.15) is 0 Å². The number of nitrogens with zero attached hydrogens (tertiary/aromatic N) is 1. The summed E-state index contributed by atoms with van der Waals surface area (Å²) in [6, 6.07) is 0. The normalized spacial score (nSPS) is 13.8. The van der Waals surface area contributed by atoms with Crippen LogP contribution in [-0.4, -0.2) is 4.57 Å². The second-order valence-electron chi connectivity index (χ2n) is 3.13. The smallest absolute Gasteiger partial charge is 0.0661 e. The fraction of sp³-hybridized carbons (Fsp3) is 0.273. The number of hydrogen-bond donors (Lipinski definition) is 0. The van der Waals surface area contributed by atoms with Crippen LogP contribution in [0, 0.1) is 0 Å². The number of aryl methyl sites for hydroxylation is 1. The van der Waals surface area contributed by atoms with E-state index in [1.807, 2.05) is 43.8 Å². The van der Waals surface area contributed by atoms with Crippen molar-refractivity contribution in [2.45, 2.75) is 13.8 Å². The van der Waals surface area contributed by atoms with Crippen LogP contribution in [0.25, 0.3) is 12.7 Å². The zero-order chi connectivity index (χ0) is 10.0. The molecule has 0 fully saturated rings. The van der Waals surface area contributed by atoms with E-state index in [-0.39, 0.29) is 0 Å². The Morgan fingerprint density at radius 3 is 2.62 bits per heavy atom. The van der Waals surface area contributed by atoms with Gasteiger partial charge in [0.1, 0.15) is 0 Å². The number of allylic oxidation sites excluding steroid dienone is 2. The summed E-state index contributed by atoms with van der Waals surface area (Å²) in [5.41, 5.74) is 1.19. The molecule has 0 bridgehead atoms. The third-order valence-electron chi connectivity index (χ3n) is 2.13. The average Bonchev–Trinajstić information content (AvgIpc) is 2.32. The first-order chi connectivity index (χ1) is 6.06. The van der Waals surface area contributed by atoms with Gasteiger partial charge in [-0.1, -0.05) is 29.8 Å². The molecule has 0 atom stereocenters. The van der Waals surface area contributed by atoms with Crippen LogP contribution in [0.2, 0.25) is 5.02 Å². The van der Waals surface area contributed by atoms with Crippen molar-refractivity contribution < 1.29 is 0 Å². The summed E-state index contributed by atoms with van der Waals surface area (Å²) in [7, 11) is 1.94. The van der Waals surface area contributed by atoms with Gasteiger partial charge >= 0.3 is 0 Å². The maximum absolute atomic E-state index is 6.03. The van der Waals surface area contributed by atoms with Crippen LogP contribution >= 0.6 is 11.6 Å². The molecule has 1 aromatic heterocycles. The van der Waals surface area contributed by atoms with E-state index in [1.54, 1.807) is 0 Å². The van der Waals surface area contributed by atoms with Gasteiger partial charge in [-0.3, -0.25) is 0 Å². The lowest BCUT2D eigenvalue weighted by atomic mass is 10.2. The van der Waals surface area contributed by atoms with Crippen molar-refractivity contribution in [2.24, 2.45) is 7.05 Å². The van der Waals surface area contributed by atoms with Gasteiger partial charge in [0, 0.05) is 23.8 Å². The Morgan fingerprint density at radius 1 is 1.62 bits per heavy atom. The SMILES string of the molecule is C=c1/c(=C\C(C)=C/C)c(Cl)cn1C. The van der Waals surface area contributed by atoms with Crippen molar-refractivity contribution >= 4 is 24.3 Å². The molecule has 0 unspecified atom stereocenters. The van der Waals surface area contributed by atoms with Crippen molar-refractivity contribution in [2.75, 3.05) is 0 Å². The minimum Gasteiger partial charge on any atom is -0.349 e. The highest BCUT2D eigenvalue weighted by Gasteiger charge is 1.96. The summed E-state index contributed by atoms with van der Waals surface area (Å²) in [5, 5.41) is 2.72. The van der Waals surface area contributed by atoms with Gasteiger partial charge in [-0.05, 0) is 19.9 Å². The molecule has 1 rings (SSSR count). The monoisotopic (exact) mass is 195 g/mol. The third kappa shape index (κ3) is 2.04. The number of rotatable bonds is 1. The van der Waals surface area contributed by atoms with E-state index in [2.05, 4.69) is 6.58 Å². The minimum absolute atomic E-state index is 0.758. The molecular formula is C11H14ClN. The number of halogens is 1. The van der Waals surface area contributed by atoms with E-state index < -0.39 is 0 Å². The Labute approximate surface area is 83.6 Å². The highest BCUT2D eigenvalue weighted by Crippen LogP contribution is 1.99. The molecule has 0 aliphatic rings. The van der Waals surface area contributed by atoms with Crippen molar-refractivity contribution in [1.82, 2.24) is 4.57 Å². The molecule has 0 spiro atoms. The molecule has 0 saturated heterocycles. The Morgan fingerprint density at radius 2 is 2.23 bits per heavy atom. The summed E-state index contributed by atoms with van der Waals surface area (Å²) < 4.78 is 1.93. The number of aromatic nitrogens is 1. The minimum atomic E-state index is 0.758. The lowest BCUT2D eigenvalue weighted by Crippen LogP contribution is -2.26. The van der Waals surface area contributed by atoms with Crippen LogP contribution < -0.4 is 10.6 Å². The van der Waals surface area contributed by atoms with E-state index in [9.17, 15) is 0 Å². The van der Waals surface area contributed by atoms with Gasteiger partial charge in [0.25, 0.3) is 0 Å². The predicted octanol–water partition coefficient (Wildman–Crippen LogP) is 1.84. The van der Waals surface area contributed by atoms with E-state index in [0.29, 0.717) is 0 Å². The van der Waals surface area contributed by atoms with Crippen molar-refractivity contribution in [3.63, 3.8) is 0 Å². The lowest BCUT2D eigenvalue weighted by Gasteiger charge is -1.88. The quantitative estimate of drug-likeness (QED) is 0.645. The molecule has 70 valence electrons. The molecular weight excluding hydrogens is 182 g/mol. The Kier molecular flexibility index (Phi) is 2.99. The van der Waals surface area contributed by atoms with Crippen molar-refractivity contribution in [3.8, 4) is 0 Å². The fourth-order valence-electron chi connectivity index (χ4n) is 1.11. The molecule has 0 radical (unpaired) electrons. The van der Waals surface area contributed by atoms with E-state index in [0.717, 1.165) is 15.6 Å². The van der Waals surface area contributed by atoms with Crippen molar-refractivity contribution in [1.29, 1.82) is 0 Å².